The van der Waals surface area contributed by atoms with Gasteiger partial charge in [0.1, 0.15) is 5.82 Å². The molecule has 1 aromatic heterocycles. The summed E-state index contributed by atoms with van der Waals surface area (Å²) >= 11 is 0. The van der Waals surface area contributed by atoms with Crippen molar-refractivity contribution in [3.63, 3.8) is 0 Å². The van der Waals surface area contributed by atoms with Crippen molar-refractivity contribution in [3.8, 4) is 16.9 Å². The summed E-state index contributed by atoms with van der Waals surface area (Å²) in [6.07, 6.45) is 2.07. The van der Waals surface area contributed by atoms with Gasteiger partial charge in [-0.1, -0.05) is 12.1 Å². The van der Waals surface area contributed by atoms with Crippen LogP contribution >= 0.6 is 0 Å². The lowest BCUT2D eigenvalue weighted by Crippen LogP contribution is -2.11. The van der Waals surface area contributed by atoms with E-state index in [1.54, 1.807) is 12.1 Å². The highest BCUT2D eigenvalue weighted by molar-refractivity contribution is 5.91. The lowest BCUT2D eigenvalue weighted by Gasteiger charge is -2.14. The smallest absolute Gasteiger partial charge is 0.360 e. The van der Waals surface area contributed by atoms with E-state index in [1.165, 1.54) is 19.2 Å². The van der Waals surface area contributed by atoms with Crippen LogP contribution in [0.2, 0.25) is 0 Å². The van der Waals surface area contributed by atoms with Gasteiger partial charge in [0.2, 0.25) is 0 Å². The molecule has 5 heteroatoms. The van der Waals surface area contributed by atoms with Crippen LogP contribution in [0.1, 0.15) is 41.9 Å². The Bertz CT molecular complexity index is 724. The number of methoxy groups -OCH3 is 1. The third kappa shape index (κ3) is 3.18. The SMILES string of the molecule is CCOc1cc(-c2ccc(F)cc2)c(C2CC2)nc1C(=O)OC. The Morgan fingerprint density at radius 3 is 2.57 bits per heavy atom. The highest BCUT2D eigenvalue weighted by Gasteiger charge is 2.31. The maximum absolute atomic E-state index is 13.2. The van der Waals surface area contributed by atoms with Crippen molar-refractivity contribution in [1.82, 2.24) is 4.98 Å². The largest absolute Gasteiger partial charge is 0.491 e. The van der Waals surface area contributed by atoms with Crippen molar-refractivity contribution >= 4 is 5.97 Å². The second-order valence-corrected chi connectivity index (χ2v) is 5.47. The predicted octanol–water partition coefficient (Wildman–Crippen LogP) is 3.95. The molecule has 4 nitrogen and oxygen atoms in total. The van der Waals surface area contributed by atoms with Gasteiger partial charge in [0.05, 0.1) is 19.4 Å². The number of hydrogen-bond donors (Lipinski definition) is 0. The maximum atomic E-state index is 13.2. The van der Waals surface area contributed by atoms with E-state index in [9.17, 15) is 9.18 Å². The zero-order chi connectivity index (χ0) is 16.4. The number of aromatic nitrogens is 1. The first-order valence-electron chi connectivity index (χ1n) is 7.66. The Kier molecular flexibility index (Phi) is 4.28. The average Bonchev–Trinajstić information content (AvgIpc) is 3.40. The van der Waals surface area contributed by atoms with Gasteiger partial charge in [-0.2, -0.15) is 0 Å². The highest BCUT2D eigenvalue weighted by Crippen LogP contribution is 2.45. The molecule has 0 bridgehead atoms. The van der Waals surface area contributed by atoms with Crippen molar-refractivity contribution in [2.24, 2.45) is 0 Å². The van der Waals surface area contributed by atoms with Gasteiger partial charge in [-0.25, -0.2) is 14.2 Å². The second-order valence-electron chi connectivity index (χ2n) is 5.47. The van der Waals surface area contributed by atoms with Crippen LogP contribution in [-0.4, -0.2) is 24.7 Å². The zero-order valence-electron chi connectivity index (χ0n) is 13.1. The van der Waals surface area contributed by atoms with Gasteiger partial charge in [-0.15, -0.1) is 0 Å². The molecule has 1 aliphatic carbocycles. The molecule has 23 heavy (non-hydrogen) atoms. The highest BCUT2D eigenvalue weighted by atomic mass is 19.1. The Hall–Kier alpha value is -2.43. The lowest BCUT2D eigenvalue weighted by molar-refractivity contribution is 0.0589. The number of nitrogens with zero attached hydrogens (tertiary/aromatic N) is 1. The fourth-order valence-corrected chi connectivity index (χ4v) is 2.55. The van der Waals surface area contributed by atoms with E-state index in [4.69, 9.17) is 9.47 Å². The van der Waals surface area contributed by atoms with Crippen molar-refractivity contribution < 1.29 is 18.7 Å². The first-order chi connectivity index (χ1) is 11.1. The summed E-state index contributed by atoms with van der Waals surface area (Å²) in [7, 11) is 1.32. The normalized spacial score (nSPS) is 13.7. The number of hydrogen-bond acceptors (Lipinski definition) is 4. The number of rotatable bonds is 5. The molecule has 1 heterocycles. The van der Waals surface area contributed by atoms with Crippen LogP contribution < -0.4 is 4.74 Å². The van der Waals surface area contributed by atoms with Crippen LogP contribution in [0.15, 0.2) is 30.3 Å². The van der Waals surface area contributed by atoms with Gasteiger partial charge in [0, 0.05) is 11.5 Å². The Morgan fingerprint density at radius 1 is 1.30 bits per heavy atom. The number of carbonyl (C=O) groups excluding carboxylic acids is 1. The van der Waals surface area contributed by atoms with Crippen LogP contribution in [0.25, 0.3) is 11.1 Å². The summed E-state index contributed by atoms with van der Waals surface area (Å²) in [5.74, 6) is -0.0795. The van der Waals surface area contributed by atoms with Crippen molar-refractivity contribution in [1.29, 1.82) is 0 Å². The van der Waals surface area contributed by atoms with E-state index in [-0.39, 0.29) is 11.5 Å². The standard InChI is InChI=1S/C18H18FNO3/c1-3-23-15-10-14(11-6-8-13(19)9-7-11)16(12-4-5-12)20-17(15)18(21)22-2/h6-10,12H,3-5H2,1-2H3. The predicted molar refractivity (Wildman–Crippen MR) is 84.1 cm³/mol. The summed E-state index contributed by atoms with van der Waals surface area (Å²) in [6, 6.07) is 8.07. The molecular formula is C18H18FNO3. The molecule has 1 aliphatic rings. The number of benzene rings is 1. The van der Waals surface area contributed by atoms with Crippen LogP contribution in [0, 0.1) is 5.82 Å². The van der Waals surface area contributed by atoms with E-state index in [2.05, 4.69) is 4.98 Å². The van der Waals surface area contributed by atoms with E-state index in [0.29, 0.717) is 18.3 Å². The topological polar surface area (TPSA) is 48.4 Å². The van der Waals surface area contributed by atoms with Crippen molar-refractivity contribution in [2.75, 3.05) is 13.7 Å². The quantitative estimate of drug-likeness (QED) is 0.784. The lowest BCUT2D eigenvalue weighted by atomic mass is 10.0. The molecule has 0 unspecified atom stereocenters. The molecule has 2 aromatic rings. The van der Waals surface area contributed by atoms with Gasteiger partial charge in [-0.05, 0) is 43.5 Å². The van der Waals surface area contributed by atoms with Crippen molar-refractivity contribution in [3.05, 3.63) is 47.5 Å². The van der Waals surface area contributed by atoms with Gasteiger partial charge in [0.25, 0.3) is 0 Å². The molecule has 0 amide bonds. The van der Waals surface area contributed by atoms with E-state index < -0.39 is 5.97 Å². The number of halogens is 1. The Morgan fingerprint density at radius 2 is 2.00 bits per heavy atom. The van der Waals surface area contributed by atoms with E-state index in [0.717, 1.165) is 29.7 Å². The minimum Gasteiger partial charge on any atom is -0.491 e. The van der Waals surface area contributed by atoms with Crippen LogP contribution in [0.5, 0.6) is 5.75 Å². The second kappa shape index (κ2) is 6.36. The molecule has 0 spiro atoms. The average molecular weight is 315 g/mol. The third-order valence-electron chi connectivity index (χ3n) is 3.81. The summed E-state index contributed by atoms with van der Waals surface area (Å²) in [6.45, 7) is 2.25. The van der Waals surface area contributed by atoms with Crippen LogP contribution in [-0.2, 0) is 4.74 Å². The maximum Gasteiger partial charge on any atom is 0.360 e. The fourth-order valence-electron chi connectivity index (χ4n) is 2.55. The van der Waals surface area contributed by atoms with Crippen molar-refractivity contribution in [2.45, 2.75) is 25.7 Å². The molecular weight excluding hydrogens is 297 g/mol. The molecule has 0 N–H and O–H groups in total. The zero-order valence-corrected chi connectivity index (χ0v) is 13.1. The Labute approximate surface area is 134 Å². The first kappa shape index (κ1) is 15.5. The fraction of sp³-hybridized carbons (Fsp3) is 0.333. The van der Waals surface area contributed by atoms with Gasteiger partial charge >= 0.3 is 5.97 Å². The van der Waals surface area contributed by atoms with Crippen LogP contribution in [0.3, 0.4) is 0 Å². The van der Waals surface area contributed by atoms with Gasteiger partial charge in [0.15, 0.2) is 11.4 Å². The molecule has 3 rings (SSSR count). The van der Waals surface area contributed by atoms with E-state index >= 15 is 0 Å². The number of esters is 1. The van der Waals surface area contributed by atoms with E-state index in [1.807, 2.05) is 13.0 Å². The molecule has 0 atom stereocenters. The third-order valence-corrected chi connectivity index (χ3v) is 3.81. The first-order valence-corrected chi connectivity index (χ1v) is 7.66. The summed E-state index contributed by atoms with van der Waals surface area (Å²) in [4.78, 5) is 16.5. The van der Waals surface area contributed by atoms with Gasteiger partial charge in [-0.3, -0.25) is 0 Å². The summed E-state index contributed by atoms with van der Waals surface area (Å²) in [5.41, 5.74) is 2.78. The van der Waals surface area contributed by atoms with Gasteiger partial charge < -0.3 is 9.47 Å². The number of carbonyl (C=O) groups is 1. The molecule has 1 saturated carbocycles. The summed E-state index contributed by atoms with van der Waals surface area (Å²) in [5, 5.41) is 0. The molecule has 0 radical (unpaired) electrons. The summed E-state index contributed by atoms with van der Waals surface area (Å²) < 4.78 is 23.6. The minimum atomic E-state index is -0.513. The number of pyridine rings is 1. The minimum absolute atomic E-state index is 0.196. The number of ether oxygens (including phenoxy) is 2. The van der Waals surface area contributed by atoms with Crippen LogP contribution in [0.4, 0.5) is 4.39 Å². The monoisotopic (exact) mass is 315 g/mol. The molecule has 0 aliphatic heterocycles. The molecule has 1 aromatic carbocycles. The Balaban J connectivity index is 2.15. The molecule has 1 fully saturated rings. The molecule has 0 saturated heterocycles. The molecule has 120 valence electrons.